The normalized spacial score (nSPS) is 14.3. The number of rotatable bonds is 6. The summed E-state index contributed by atoms with van der Waals surface area (Å²) in [5.74, 6) is 1.00. The summed E-state index contributed by atoms with van der Waals surface area (Å²) in [6, 6.07) is 19.1. The van der Waals surface area contributed by atoms with Gasteiger partial charge in [0.15, 0.2) is 5.75 Å². The number of nitro groups is 1. The molecule has 0 aromatic heterocycles. The zero-order valence-corrected chi connectivity index (χ0v) is 21.4. The van der Waals surface area contributed by atoms with Crippen molar-refractivity contribution < 1.29 is 9.66 Å². The van der Waals surface area contributed by atoms with Crippen molar-refractivity contribution in [3.8, 4) is 23.6 Å². The topological polar surface area (TPSA) is 103 Å². The highest BCUT2D eigenvalue weighted by Crippen LogP contribution is 2.37. The van der Waals surface area contributed by atoms with Crippen molar-refractivity contribution in [3.63, 3.8) is 0 Å². The molecule has 0 N–H and O–H groups in total. The van der Waals surface area contributed by atoms with Crippen molar-refractivity contribution in [2.75, 3.05) is 18.0 Å². The Balaban J connectivity index is 0.00000176. The molecular formula is C27H24Cl2N4O3. The van der Waals surface area contributed by atoms with Gasteiger partial charge in [0.2, 0.25) is 0 Å². The zero-order chi connectivity index (χ0) is 26.2. The Morgan fingerprint density at radius 1 is 1.06 bits per heavy atom. The zero-order valence-electron chi connectivity index (χ0n) is 19.9. The molecule has 0 saturated carbocycles. The first-order chi connectivity index (χ1) is 17.4. The largest absolute Gasteiger partial charge is 0.453 e. The van der Waals surface area contributed by atoms with Crippen LogP contribution in [0.1, 0.15) is 37.0 Å². The molecule has 0 amide bonds. The molecule has 1 atom stereocenters. The molecule has 7 nitrogen and oxygen atoms in total. The Morgan fingerprint density at radius 2 is 1.81 bits per heavy atom. The van der Waals surface area contributed by atoms with Crippen molar-refractivity contribution in [2.24, 2.45) is 5.92 Å². The Bertz CT molecular complexity index is 1350. The fourth-order valence-electron chi connectivity index (χ4n) is 4.09. The maximum Gasteiger partial charge on any atom is 0.289 e. The van der Waals surface area contributed by atoms with Gasteiger partial charge in [0.1, 0.15) is 23.5 Å². The lowest BCUT2D eigenvalue weighted by Crippen LogP contribution is -2.20. The molecule has 1 saturated heterocycles. The van der Waals surface area contributed by atoms with E-state index in [9.17, 15) is 15.4 Å². The molecule has 184 valence electrons. The van der Waals surface area contributed by atoms with Gasteiger partial charge in [-0.1, -0.05) is 49.2 Å². The van der Waals surface area contributed by atoms with E-state index in [1.807, 2.05) is 32.0 Å². The van der Waals surface area contributed by atoms with Gasteiger partial charge in [-0.3, -0.25) is 10.1 Å². The summed E-state index contributed by atoms with van der Waals surface area (Å²) in [6.45, 7) is 5.49. The number of para-hydroxylation sites is 1. The predicted octanol–water partition coefficient (Wildman–Crippen LogP) is 7.53. The summed E-state index contributed by atoms with van der Waals surface area (Å²) < 4.78 is 5.93. The highest BCUT2D eigenvalue weighted by molar-refractivity contribution is 6.33. The van der Waals surface area contributed by atoms with Crippen LogP contribution in [0.2, 0.25) is 10.0 Å². The van der Waals surface area contributed by atoms with E-state index < -0.39 is 4.92 Å². The van der Waals surface area contributed by atoms with E-state index in [1.165, 1.54) is 12.1 Å². The van der Waals surface area contributed by atoms with Crippen LogP contribution in [-0.2, 0) is 6.42 Å². The Kier molecular flexibility index (Phi) is 9.13. The molecular weight excluding hydrogens is 499 g/mol. The van der Waals surface area contributed by atoms with Crippen molar-refractivity contribution in [1.29, 1.82) is 10.5 Å². The lowest BCUT2D eigenvalue weighted by atomic mass is 9.98. The third-order valence-corrected chi connectivity index (χ3v) is 6.38. The lowest BCUT2D eigenvalue weighted by molar-refractivity contribution is -0.385. The van der Waals surface area contributed by atoms with Gasteiger partial charge in [0.25, 0.3) is 5.69 Å². The molecule has 0 spiro atoms. The third-order valence-electron chi connectivity index (χ3n) is 5.77. The number of ether oxygens (including phenoxy) is 1. The highest BCUT2D eigenvalue weighted by Gasteiger charge is 2.25. The standard InChI is InChI=1S/C25H18Cl2N4O3.C2H6/c26-21-7-4-16(11-24(21)34-25-19(14-29)2-1-3-22(25)27)10-17-8-9-30(15-17)20-6-5-18(13-28)23(12-20)31(32)33;1-2/h1-7,11-12,17H,8-10,15H2;1-2H3. The van der Waals surface area contributed by atoms with Crippen molar-refractivity contribution >= 4 is 34.6 Å². The van der Waals surface area contributed by atoms with Crippen molar-refractivity contribution in [3.05, 3.63) is 91.4 Å². The fraction of sp³-hybridized carbons (Fsp3) is 0.259. The minimum atomic E-state index is -0.526. The van der Waals surface area contributed by atoms with Crippen molar-refractivity contribution in [2.45, 2.75) is 26.7 Å². The molecule has 1 unspecified atom stereocenters. The molecule has 3 aromatic carbocycles. The molecule has 0 aliphatic carbocycles. The summed E-state index contributed by atoms with van der Waals surface area (Å²) >= 11 is 12.6. The molecule has 1 fully saturated rings. The Morgan fingerprint density at radius 3 is 2.50 bits per heavy atom. The number of benzene rings is 3. The van der Waals surface area contributed by atoms with Crippen LogP contribution in [0.25, 0.3) is 0 Å². The molecule has 0 bridgehead atoms. The molecule has 0 radical (unpaired) electrons. The van der Waals surface area contributed by atoms with E-state index in [2.05, 4.69) is 11.0 Å². The van der Waals surface area contributed by atoms with Crippen LogP contribution < -0.4 is 9.64 Å². The second-order valence-electron chi connectivity index (χ2n) is 7.97. The van der Waals surface area contributed by atoms with E-state index in [4.69, 9.17) is 33.2 Å². The minimum Gasteiger partial charge on any atom is -0.453 e. The van der Waals surface area contributed by atoms with Crippen molar-refractivity contribution in [1.82, 2.24) is 0 Å². The van der Waals surface area contributed by atoms with Crippen LogP contribution in [0.3, 0.4) is 0 Å². The summed E-state index contributed by atoms with van der Waals surface area (Å²) in [4.78, 5) is 12.9. The van der Waals surface area contributed by atoms with Gasteiger partial charge >= 0.3 is 0 Å². The maximum atomic E-state index is 11.3. The SMILES string of the molecule is CC.N#Cc1ccc(N2CCC(Cc3ccc(Cl)c(Oc4c(Cl)cccc4C#N)c3)C2)cc1[N+](=O)[O-]. The van der Waals surface area contributed by atoms with E-state index in [0.29, 0.717) is 27.3 Å². The van der Waals surface area contributed by atoms with Gasteiger partial charge in [0, 0.05) is 24.8 Å². The van der Waals surface area contributed by atoms with E-state index in [1.54, 1.807) is 30.3 Å². The van der Waals surface area contributed by atoms with Gasteiger partial charge in [0.05, 0.1) is 20.5 Å². The summed E-state index contributed by atoms with van der Waals surface area (Å²) in [5, 5.41) is 30.5. The monoisotopic (exact) mass is 522 g/mol. The smallest absolute Gasteiger partial charge is 0.289 e. The van der Waals surface area contributed by atoms with Crippen LogP contribution in [0.4, 0.5) is 11.4 Å². The lowest BCUT2D eigenvalue weighted by Gasteiger charge is -2.19. The molecule has 36 heavy (non-hydrogen) atoms. The highest BCUT2D eigenvalue weighted by atomic mass is 35.5. The maximum absolute atomic E-state index is 11.3. The van der Waals surface area contributed by atoms with Crippen LogP contribution in [0, 0.1) is 38.7 Å². The predicted molar refractivity (Wildman–Crippen MR) is 141 cm³/mol. The summed E-state index contributed by atoms with van der Waals surface area (Å²) in [6.07, 6.45) is 1.67. The first-order valence-electron chi connectivity index (χ1n) is 11.5. The second-order valence-corrected chi connectivity index (χ2v) is 8.78. The van der Waals surface area contributed by atoms with Crippen LogP contribution in [-0.4, -0.2) is 18.0 Å². The fourth-order valence-corrected chi connectivity index (χ4v) is 4.46. The second kappa shape index (κ2) is 12.3. The Labute approximate surface area is 220 Å². The Hall–Kier alpha value is -3.78. The van der Waals surface area contributed by atoms with Gasteiger partial charge in [-0.05, 0) is 60.7 Å². The molecule has 1 aliphatic rings. The number of halogens is 2. The van der Waals surface area contributed by atoms with Gasteiger partial charge in [-0.2, -0.15) is 10.5 Å². The van der Waals surface area contributed by atoms with Crippen LogP contribution in [0.5, 0.6) is 11.5 Å². The van der Waals surface area contributed by atoms with Gasteiger partial charge in [-0.15, -0.1) is 0 Å². The number of nitro benzene ring substituents is 1. The molecule has 1 heterocycles. The number of hydrogen-bond acceptors (Lipinski definition) is 6. The molecule has 9 heteroatoms. The molecule has 3 aromatic rings. The van der Waals surface area contributed by atoms with Gasteiger partial charge in [-0.25, -0.2) is 0 Å². The summed E-state index contributed by atoms with van der Waals surface area (Å²) in [7, 11) is 0. The van der Waals surface area contributed by atoms with Crippen LogP contribution in [0.15, 0.2) is 54.6 Å². The first kappa shape index (κ1) is 26.8. The quantitative estimate of drug-likeness (QED) is 0.244. The van der Waals surface area contributed by atoms with E-state index in [-0.39, 0.29) is 17.0 Å². The van der Waals surface area contributed by atoms with Gasteiger partial charge < -0.3 is 9.64 Å². The minimum absolute atomic E-state index is 0.0521. The number of nitriles is 2. The third kappa shape index (κ3) is 6.07. The molecule has 1 aliphatic heterocycles. The van der Waals surface area contributed by atoms with E-state index in [0.717, 1.165) is 37.2 Å². The first-order valence-corrected chi connectivity index (χ1v) is 12.2. The van der Waals surface area contributed by atoms with Crippen LogP contribution >= 0.6 is 23.2 Å². The summed E-state index contributed by atoms with van der Waals surface area (Å²) in [5.41, 5.74) is 1.94. The van der Waals surface area contributed by atoms with E-state index >= 15 is 0 Å². The number of anilines is 1. The number of hydrogen-bond donors (Lipinski definition) is 0. The average molecular weight is 523 g/mol. The average Bonchev–Trinajstić information content (AvgIpc) is 3.36. The molecule has 4 rings (SSSR count). The number of nitrogens with zero attached hydrogens (tertiary/aromatic N) is 4.